The lowest BCUT2D eigenvalue weighted by molar-refractivity contribution is 0.161. The van der Waals surface area contributed by atoms with Crippen molar-refractivity contribution in [2.75, 3.05) is 0 Å². The third kappa shape index (κ3) is 2.10. The van der Waals surface area contributed by atoms with Gasteiger partial charge in [0.2, 0.25) is 0 Å². The van der Waals surface area contributed by atoms with E-state index in [2.05, 4.69) is 20.9 Å². The maximum atomic E-state index is 6.19. The van der Waals surface area contributed by atoms with Crippen molar-refractivity contribution in [1.29, 1.82) is 0 Å². The molecule has 88 valence electrons. The molecular formula is C12H11BrN2OS. The summed E-state index contributed by atoms with van der Waals surface area (Å²) >= 11 is 5.06. The molecular weight excluding hydrogens is 300 g/mol. The normalized spacial score (nSPS) is 22.9. The number of hydrogen-bond donors (Lipinski definition) is 1. The predicted molar refractivity (Wildman–Crippen MR) is 71.2 cm³/mol. The lowest BCUT2D eigenvalue weighted by atomic mass is 9.97. The van der Waals surface area contributed by atoms with E-state index in [0.29, 0.717) is 0 Å². The van der Waals surface area contributed by atoms with Crippen LogP contribution in [0.1, 0.15) is 29.1 Å². The zero-order valence-corrected chi connectivity index (χ0v) is 11.4. The van der Waals surface area contributed by atoms with E-state index in [1.807, 2.05) is 23.6 Å². The first-order valence-electron chi connectivity index (χ1n) is 5.35. The zero-order valence-electron chi connectivity index (χ0n) is 8.97. The Hall–Kier alpha value is -0.910. The summed E-state index contributed by atoms with van der Waals surface area (Å²) in [5.41, 5.74) is 7.25. The first-order valence-corrected chi connectivity index (χ1v) is 7.02. The molecule has 1 aliphatic rings. The number of hydrogen-bond acceptors (Lipinski definition) is 4. The highest BCUT2D eigenvalue weighted by molar-refractivity contribution is 9.10. The van der Waals surface area contributed by atoms with Gasteiger partial charge in [-0.05, 0) is 18.2 Å². The van der Waals surface area contributed by atoms with Gasteiger partial charge in [-0.25, -0.2) is 4.98 Å². The number of halogens is 1. The fourth-order valence-corrected chi connectivity index (χ4v) is 3.08. The van der Waals surface area contributed by atoms with Crippen molar-refractivity contribution in [3.05, 3.63) is 44.8 Å². The van der Waals surface area contributed by atoms with Crippen LogP contribution in [0, 0.1) is 0 Å². The lowest BCUT2D eigenvalue weighted by Gasteiger charge is -2.29. The molecule has 3 nitrogen and oxygen atoms in total. The largest absolute Gasteiger partial charge is 0.483 e. The molecule has 1 aromatic carbocycles. The molecule has 0 saturated carbocycles. The molecule has 0 saturated heterocycles. The molecule has 5 heteroatoms. The molecule has 2 unspecified atom stereocenters. The average Bonchev–Trinajstić information content (AvgIpc) is 2.83. The van der Waals surface area contributed by atoms with E-state index in [1.54, 1.807) is 17.5 Å². The Balaban J connectivity index is 1.96. The maximum Gasteiger partial charge on any atom is 0.152 e. The van der Waals surface area contributed by atoms with Crippen molar-refractivity contribution in [1.82, 2.24) is 4.98 Å². The smallest absolute Gasteiger partial charge is 0.152 e. The van der Waals surface area contributed by atoms with Gasteiger partial charge in [-0.2, -0.15) is 0 Å². The van der Waals surface area contributed by atoms with Crippen LogP contribution in [0.2, 0.25) is 0 Å². The number of rotatable bonds is 1. The SMILES string of the molecule is NC1CC(c2nccs2)Oc2ccc(Br)cc21. The second-order valence-corrected chi connectivity index (χ2v) is 5.84. The molecule has 0 radical (unpaired) electrons. The monoisotopic (exact) mass is 310 g/mol. The van der Waals surface area contributed by atoms with E-state index in [1.165, 1.54) is 0 Å². The molecule has 2 heterocycles. The Labute approximate surface area is 112 Å². The molecule has 3 rings (SSSR count). The van der Waals surface area contributed by atoms with E-state index in [9.17, 15) is 0 Å². The molecule has 2 aromatic rings. The number of nitrogens with zero attached hydrogens (tertiary/aromatic N) is 1. The Morgan fingerprint density at radius 3 is 3.12 bits per heavy atom. The van der Waals surface area contributed by atoms with Crippen molar-refractivity contribution in [2.24, 2.45) is 5.73 Å². The molecule has 0 bridgehead atoms. The fourth-order valence-electron chi connectivity index (χ4n) is 2.02. The second kappa shape index (κ2) is 4.40. The molecule has 17 heavy (non-hydrogen) atoms. The van der Waals surface area contributed by atoms with Gasteiger partial charge >= 0.3 is 0 Å². The van der Waals surface area contributed by atoms with Gasteiger partial charge < -0.3 is 10.5 Å². The zero-order chi connectivity index (χ0) is 11.8. The molecule has 0 fully saturated rings. The minimum absolute atomic E-state index is 0.00477. The van der Waals surface area contributed by atoms with Crippen LogP contribution in [0.5, 0.6) is 5.75 Å². The predicted octanol–water partition coefficient (Wildman–Crippen LogP) is 3.43. The van der Waals surface area contributed by atoms with Gasteiger partial charge in [0.25, 0.3) is 0 Å². The first kappa shape index (κ1) is 11.2. The van der Waals surface area contributed by atoms with Crippen LogP contribution in [0.15, 0.2) is 34.2 Å². The van der Waals surface area contributed by atoms with Crippen molar-refractivity contribution in [3.8, 4) is 5.75 Å². The maximum absolute atomic E-state index is 6.19. The van der Waals surface area contributed by atoms with Gasteiger partial charge in [-0.15, -0.1) is 11.3 Å². The molecule has 1 aliphatic heterocycles. The summed E-state index contributed by atoms with van der Waals surface area (Å²) in [4.78, 5) is 4.29. The first-order chi connectivity index (χ1) is 8.24. The average molecular weight is 311 g/mol. The van der Waals surface area contributed by atoms with Gasteiger partial charge in [-0.3, -0.25) is 0 Å². The summed E-state index contributed by atoms with van der Waals surface area (Å²) in [6.07, 6.45) is 2.56. The number of nitrogens with two attached hydrogens (primary N) is 1. The van der Waals surface area contributed by atoms with E-state index in [0.717, 1.165) is 27.2 Å². The summed E-state index contributed by atoms with van der Waals surface area (Å²) in [6, 6.07) is 5.96. The lowest BCUT2D eigenvalue weighted by Crippen LogP contribution is -2.24. The Morgan fingerprint density at radius 1 is 1.47 bits per heavy atom. The highest BCUT2D eigenvalue weighted by Gasteiger charge is 2.28. The molecule has 1 aromatic heterocycles. The quantitative estimate of drug-likeness (QED) is 0.878. The fraction of sp³-hybridized carbons (Fsp3) is 0.250. The van der Waals surface area contributed by atoms with E-state index in [-0.39, 0.29) is 12.1 Å². The van der Waals surface area contributed by atoms with Gasteiger partial charge in [0, 0.05) is 34.1 Å². The highest BCUT2D eigenvalue weighted by Crippen LogP contribution is 2.40. The van der Waals surface area contributed by atoms with Crippen LogP contribution in [-0.2, 0) is 0 Å². The van der Waals surface area contributed by atoms with Crippen LogP contribution in [0.4, 0.5) is 0 Å². The van der Waals surface area contributed by atoms with Crippen molar-refractivity contribution >= 4 is 27.3 Å². The van der Waals surface area contributed by atoms with Crippen molar-refractivity contribution < 1.29 is 4.74 Å². The number of ether oxygens (including phenoxy) is 1. The highest BCUT2D eigenvalue weighted by atomic mass is 79.9. The van der Waals surface area contributed by atoms with Gasteiger partial charge in [-0.1, -0.05) is 15.9 Å². The Kier molecular flexibility index (Phi) is 2.90. The van der Waals surface area contributed by atoms with Gasteiger partial charge in [0.1, 0.15) is 10.8 Å². The summed E-state index contributed by atoms with van der Waals surface area (Å²) < 4.78 is 6.98. The van der Waals surface area contributed by atoms with Crippen LogP contribution in [-0.4, -0.2) is 4.98 Å². The molecule has 0 spiro atoms. The van der Waals surface area contributed by atoms with Gasteiger partial charge in [0.05, 0.1) is 0 Å². The Bertz CT molecular complexity index is 529. The number of thiazole rings is 1. The van der Waals surface area contributed by atoms with Crippen LogP contribution >= 0.6 is 27.3 Å². The van der Waals surface area contributed by atoms with Crippen molar-refractivity contribution in [2.45, 2.75) is 18.6 Å². The second-order valence-electron chi connectivity index (χ2n) is 4.00. The molecule has 2 atom stereocenters. The van der Waals surface area contributed by atoms with Crippen LogP contribution < -0.4 is 10.5 Å². The molecule has 2 N–H and O–H groups in total. The number of fused-ring (bicyclic) bond motifs is 1. The standard InChI is InChI=1S/C12H11BrN2OS/c13-7-1-2-10-8(5-7)9(14)6-11(16-10)12-15-3-4-17-12/h1-5,9,11H,6,14H2. The summed E-state index contributed by atoms with van der Waals surface area (Å²) in [6.45, 7) is 0. The summed E-state index contributed by atoms with van der Waals surface area (Å²) in [5.74, 6) is 0.868. The summed E-state index contributed by atoms with van der Waals surface area (Å²) in [7, 11) is 0. The van der Waals surface area contributed by atoms with Crippen LogP contribution in [0.3, 0.4) is 0 Å². The van der Waals surface area contributed by atoms with E-state index < -0.39 is 0 Å². The minimum atomic E-state index is -0.0151. The van der Waals surface area contributed by atoms with Crippen LogP contribution in [0.25, 0.3) is 0 Å². The van der Waals surface area contributed by atoms with Gasteiger partial charge in [0.15, 0.2) is 6.10 Å². The van der Waals surface area contributed by atoms with E-state index in [4.69, 9.17) is 10.5 Å². The molecule has 0 amide bonds. The van der Waals surface area contributed by atoms with E-state index >= 15 is 0 Å². The van der Waals surface area contributed by atoms with Crippen molar-refractivity contribution in [3.63, 3.8) is 0 Å². The third-order valence-electron chi connectivity index (χ3n) is 2.84. The Morgan fingerprint density at radius 2 is 2.35 bits per heavy atom. The number of benzene rings is 1. The third-order valence-corrected chi connectivity index (χ3v) is 4.20. The minimum Gasteiger partial charge on any atom is -0.483 e. The number of aromatic nitrogens is 1. The topological polar surface area (TPSA) is 48.1 Å². The molecule has 0 aliphatic carbocycles. The summed E-state index contributed by atoms with van der Waals surface area (Å²) in [5, 5.41) is 2.95.